The van der Waals surface area contributed by atoms with E-state index < -0.39 is 0 Å². The molecule has 2 aromatic heterocycles. The number of nitrogens with one attached hydrogen (secondary N) is 2. The zero-order chi connectivity index (χ0) is 18.8. The Hall–Kier alpha value is -3.13. The lowest BCUT2D eigenvalue weighted by Crippen LogP contribution is -2.27. The van der Waals surface area contributed by atoms with E-state index in [9.17, 15) is 9.59 Å². The zero-order valence-corrected chi connectivity index (χ0v) is 15.4. The van der Waals surface area contributed by atoms with E-state index >= 15 is 0 Å². The predicted molar refractivity (Wildman–Crippen MR) is 103 cm³/mol. The van der Waals surface area contributed by atoms with Crippen LogP contribution >= 0.6 is 11.8 Å². The molecule has 0 radical (unpaired) electrons. The van der Waals surface area contributed by atoms with Crippen LogP contribution in [0.25, 0.3) is 5.82 Å². The highest BCUT2D eigenvalue weighted by Gasteiger charge is 2.23. The van der Waals surface area contributed by atoms with Crippen molar-refractivity contribution >= 4 is 29.3 Å². The van der Waals surface area contributed by atoms with Gasteiger partial charge in [0.15, 0.2) is 5.82 Å². The molecule has 3 heterocycles. The Balaban J connectivity index is 1.50. The fourth-order valence-electron chi connectivity index (χ4n) is 2.80. The van der Waals surface area contributed by atoms with Crippen LogP contribution in [0.15, 0.2) is 59.9 Å². The first-order chi connectivity index (χ1) is 13.1. The number of hydrogen-bond acceptors (Lipinski definition) is 5. The van der Waals surface area contributed by atoms with Crippen LogP contribution in [0.4, 0.5) is 5.69 Å². The smallest absolute Gasteiger partial charge is 0.251 e. The molecule has 2 N–H and O–H groups in total. The summed E-state index contributed by atoms with van der Waals surface area (Å²) in [6.07, 6.45) is 5.17. The van der Waals surface area contributed by atoms with Crippen LogP contribution in [0.2, 0.25) is 0 Å². The molecule has 136 valence electrons. The number of rotatable bonds is 4. The molecular formula is C19H17N5O2S. The summed E-state index contributed by atoms with van der Waals surface area (Å²) in [7, 11) is 0. The Morgan fingerprint density at radius 2 is 2.19 bits per heavy atom. The highest BCUT2D eigenvalue weighted by atomic mass is 32.2. The molecule has 0 saturated heterocycles. The maximum absolute atomic E-state index is 12.6. The topological polar surface area (TPSA) is 88.9 Å². The SMILES string of the molecule is C[C@@H]1Sc2ccc(C(=O)NCc3cccnc3-n3cccn3)cc2NC1=O. The molecule has 8 heteroatoms. The van der Waals surface area contributed by atoms with Gasteiger partial charge in [0.1, 0.15) is 0 Å². The third-order valence-electron chi connectivity index (χ3n) is 4.20. The summed E-state index contributed by atoms with van der Waals surface area (Å²) in [6, 6.07) is 10.9. The van der Waals surface area contributed by atoms with Gasteiger partial charge in [0, 0.05) is 41.2 Å². The van der Waals surface area contributed by atoms with E-state index in [-0.39, 0.29) is 17.1 Å². The highest BCUT2D eigenvalue weighted by Crippen LogP contribution is 2.35. The molecule has 0 bridgehead atoms. The Kier molecular flexibility index (Phi) is 4.64. The molecule has 1 atom stereocenters. The summed E-state index contributed by atoms with van der Waals surface area (Å²) in [5.41, 5.74) is 2.02. The maximum Gasteiger partial charge on any atom is 0.251 e. The summed E-state index contributed by atoms with van der Waals surface area (Å²) in [6.45, 7) is 2.17. The average Bonchev–Trinajstić information content (AvgIpc) is 3.21. The summed E-state index contributed by atoms with van der Waals surface area (Å²) < 4.78 is 1.66. The number of nitrogens with zero attached hydrogens (tertiary/aromatic N) is 3. The summed E-state index contributed by atoms with van der Waals surface area (Å²) >= 11 is 1.49. The second-order valence-corrected chi connectivity index (χ2v) is 7.46. The van der Waals surface area contributed by atoms with Crippen LogP contribution < -0.4 is 10.6 Å². The van der Waals surface area contributed by atoms with Gasteiger partial charge in [-0.2, -0.15) is 5.10 Å². The molecular weight excluding hydrogens is 362 g/mol. The first-order valence-corrected chi connectivity index (χ1v) is 9.33. The normalized spacial score (nSPS) is 15.7. The zero-order valence-electron chi connectivity index (χ0n) is 14.5. The minimum atomic E-state index is -0.217. The molecule has 4 rings (SSSR count). The average molecular weight is 379 g/mol. The van der Waals surface area contributed by atoms with Crippen molar-refractivity contribution in [3.8, 4) is 5.82 Å². The fourth-order valence-corrected chi connectivity index (χ4v) is 3.73. The van der Waals surface area contributed by atoms with Crippen molar-refractivity contribution in [1.29, 1.82) is 0 Å². The van der Waals surface area contributed by atoms with Crippen molar-refractivity contribution in [2.45, 2.75) is 23.6 Å². The van der Waals surface area contributed by atoms with Gasteiger partial charge >= 0.3 is 0 Å². The minimum absolute atomic E-state index is 0.0516. The van der Waals surface area contributed by atoms with Gasteiger partial charge in [-0.15, -0.1) is 11.8 Å². The van der Waals surface area contributed by atoms with E-state index in [0.717, 1.165) is 10.5 Å². The number of hydrogen-bond donors (Lipinski definition) is 2. The van der Waals surface area contributed by atoms with Crippen LogP contribution in [0, 0.1) is 0 Å². The van der Waals surface area contributed by atoms with E-state index in [1.807, 2.05) is 31.2 Å². The number of fused-ring (bicyclic) bond motifs is 1. The molecule has 0 spiro atoms. The molecule has 0 unspecified atom stereocenters. The number of carbonyl (C=O) groups excluding carboxylic acids is 2. The van der Waals surface area contributed by atoms with Crippen LogP contribution in [0.1, 0.15) is 22.8 Å². The van der Waals surface area contributed by atoms with Crippen LogP contribution in [-0.4, -0.2) is 31.8 Å². The Morgan fingerprint density at radius 3 is 3.00 bits per heavy atom. The van der Waals surface area contributed by atoms with Gasteiger partial charge in [0.25, 0.3) is 5.91 Å². The quantitative estimate of drug-likeness (QED) is 0.727. The van der Waals surface area contributed by atoms with Crippen LogP contribution in [-0.2, 0) is 11.3 Å². The minimum Gasteiger partial charge on any atom is -0.348 e. The largest absolute Gasteiger partial charge is 0.348 e. The van der Waals surface area contributed by atoms with Crippen LogP contribution in [0.5, 0.6) is 0 Å². The number of pyridine rings is 1. The van der Waals surface area contributed by atoms with Crippen LogP contribution in [0.3, 0.4) is 0 Å². The van der Waals surface area contributed by atoms with E-state index in [1.165, 1.54) is 11.8 Å². The Bertz CT molecular complexity index is 1000. The molecule has 1 aromatic carbocycles. The molecule has 3 aromatic rings. The third kappa shape index (κ3) is 3.56. The van der Waals surface area contributed by atoms with Gasteiger partial charge in [-0.3, -0.25) is 9.59 Å². The van der Waals surface area contributed by atoms with Crippen molar-refractivity contribution in [2.24, 2.45) is 0 Å². The summed E-state index contributed by atoms with van der Waals surface area (Å²) in [5, 5.41) is 9.81. The van der Waals surface area contributed by atoms with Crippen molar-refractivity contribution in [2.75, 3.05) is 5.32 Å². The molecule has 2 amide bonds. The van der Waals surface area contributed by atoms with Crippen molar-refractivity contribution in [3.63, 3.8) is 0 Å². The van der Waals surface area contributed by atoms with Gasteiger partial charge < -0.3 is 10.6 Å². The number of amides is 2. The summed E-state index contributed by atoms with van der Waals surface area (Å²) in [4.78, 5) is 29.7. The second-order valence-electron chi connectivity index (χ2n) is 6.08. The van der Waals surface area contributed by atoms with Crippen molar-refractivity contribution in [3.05, 3.63) is 66.1 Å². The molecule has 27 heavy (non-hydrogen) atoms. The predicted octanol–water partition coefficient (Wildman–Crippen LogP) is 2.63. The fraction of sp³-hybridized carbons (Fsp3) is 0.158. The Morgan fingerprint density at radius 1 is 1.30 bits per heavy atom. The molecule has 0 fully saturated rings. The van der Waals surface area contributed by atoms with Gasteiger partial charge in [0.05, 0.1) is 10.9 Å². The highest BCUT2D eigenvalue weighted by molar-refractivity contribution is 8.00. The van der Waals surface area contributed by atoms with Gasteiger partial charge in [-0.1, -0.05) is 6.07 Å². The van der Waals surface area contributed by atoms with Gasteiger partial charge in [0.2, 0.25) is 5.91 Å². The lowest BCUT2D eigenvalue weighted by Gasteiger charge is -2.21. The van der Waals surface area contributed by atoms with E-state index in [4.69, 9.17) is 0 Å². The molecule has 0 saturated carbocycles. The van der Waals surface area contributed by atoms with E-state index in [1.54, 1.807) is 35.4 Å². The molecule has 1 aliphatic rings. The molecule has 1 aliphatic heterocycles. The summed E-state index contributed by atoms with van der Waals surface area (Å²) in [5.74, 6) is 0.404. The van der Waals surface area contributed by atoms with Gasteiger partial charge in [-0.25, -0.2) is 9.67 Å². The second kappa shape index (κ2) is 7.24. The number of carbonyl (C=O) groups is 2. The third-order valence-corrected chi connectivity index (χ3v) is 5.38. The van der Waals surface area contributed by atoms with Gasteiger partial charge in [-0.05, 0) is 37.3 Å². The number of thioether (sulfide) groups is 1. The van der Waals surface area contributed by atoms with E-state index in [0.29, 0.717) is 23.6 Å². The lowest BCUT2D eigenvalue weighted by atomic mass is 10.1. The number of anilines is 1. The first-order valence-electron chi connectivity index (χ1n) is 8.45. The monoisotopic (exact) mass is 379 g/mol. The number of benzene rings is 1. The maximum atomic E-state index is 12.6. The van der Waals surface area contributed by atoms with E-state index in [2.05, 4.69) is 20.7 Å². The standard InChI is InChI=1S/C19H17N5O2S/c1-12-18(25)23-15-10-13(5-6-16(15)27-12)19(26)21-11-14-4-2-7-20-17(14)24-9-3-8-22-24/h2-10,12H,11H2,1H3,(H,21,26)(H,23,25)/t12-/m0/s1. The van der Waals surface area contributed by atoms with Crippen molar-refractivity contribution in [1.82, 2.24) is 20.1 Å². The van der Waals surface area contributed by atoms with Crippen molar-refractivity contribution < 1.29 is 9.59 Å². The molecule has 0 aliphatic carbocycles. The molecule has 7 nitrogen and oxygen atoms in total. The first kappa shape index (κ1) is 17.3. The lowest BCUT2D eigenvalue weighted by molar-refractivity contribution is -0.115. The number of aromatic nitrogens is 3. The Labute approximate surface area is 160 Å².